The Bertz CT molecular complexity index is 417. The van der Waals surface area contributed by atoms with E-state index in [4.69, 9.17) is 10.5 Å². The van der Waals surface area contributed by atoms with Crippen LogP contribution in [0, 0.1) is 5.92 Å². The van der Waals surface area contributed by atoms with E-state index in [1.807, 2.05) is 26.0 Å². The number of nitrogens with zero attached hydrogens (tertiary/aromatic N) is 1. The van der Waals surface area contributed by atoms with Crippen LogP contribution >= 0.6 is 0 Å². The fraction of sp³-hybridized carbons (Fsp3) is 0.600. The molecule has 1 aromatic carbocycles. The summed E-state index contributed by atoms with van der Waals surface area (Å²) in [4.78, 5) is 2.40. The topological polar surface area (TPSA) is 38.5 Å². The predicted octanol–water partition coefficient (Wildman–Crippen LogP) is 3.29. The van der Waals surface area contributed by atoms with E-state index in [0.717, 1.165) is 29.6 Å². The standard InChI is InChI=1S/C15H24N2O/c1-10(2)18-14-7-5-6-13(15(14)16)17-9-11(3)8-12(17)4/h5-7,10-12H,8-9,16H2,1-4H3. The smallest absolute Gasteiger partial charge is 0.144 e. The van der Waals surface area contributed by atoms with Gasteiger partial charge in [-0.25, -0.2) is 0 Å². The van der Waals surface area contributed by atoms with Gasteiger partial charge in [-0.2, -0.15) is 0 Å². The van der Waals surface area contributed by atoms with E-state index in [-0.39, 0.29) is 6.10 Å². The second-order valence-corrected chi connectivity index (χ2v) is 5.70. The van der Waals surface area contributed by atoms with Crippen molar-refractivity contribution >= 4 is 11.4 Å². The molecule has 1 heterocycles. The summed E-state index contributed by atoms with van der Waals surface area (Å²) >= 11 is 0. The lowest BCUT2D eigenvalue weighted by molar-refractivity contribution is 0.244. The van der Waals surface area contributed by atoms with Crippen LogP contribution in [0.15, 0.2) is 18.2 Å². The maximum Gasteiger partial charge on any atom is 0.144 e. The molecule has 2 N–H and O–H groups in total. The minimum atomic E-state index is 0.150. The third kappa shape index (κ3) is 2.55. The number of nitrogens with two attached hydrogens (primary N) is 1. The van der Waals surface area contributed by atoms with Crippen molar-refractivity contribution < 1.29 is 4.74 Å². The summed E-state index contributed by atoms with van der Waals surface area (Å²) in [6.45, 7) is 9.68. The van der Waals surface area contributed by atoms with Crippen LogP contribution in [0.1, 0.15) is 34.1 Å². The van der Waals surface area contributed by atoms with E-state index >= 15 is 0 Å². The molecule has 1 aliphatic heterocycles. The Morgan fingerprint density at radius 2 is 2.06 bits per heavy atom. The molecule has 3 nitrogen and oxygen atoms in total. The Kier molecular flexibility index (Phi) is 3.69. The molecule has 2 unspecified atom stereocenters. The summed E-state index contributed by atoms with van der Waals surface area (Å²) in [6, 6.07) is 6.62. The van der Waals surface area contributed by atoms with Crippen LogP contribution in [0.2, 0.25) is 0 Å². The molecule has 3 heteroatoms. The molecule has 0 aromatic heterocycles. The maximum atomic E-state index is 6.25. The summed E-state index contributed by atoms with van der Waals surface area (Å²) in [6.07, 6.45) is 1.38. The number of nitrogen functional groups attached to an aromatic ring is 1. The largest absolute Gasteiger partial charge is 0.489 e. The third-order valence-corrected chi connectivity index (χ3v) is 3.50. The molecular formula is C15H24N2O. The molecule has 0 aliphatic carbocycles. The zero-order valence-electron chi connectivity index (χ0n) is 11.8. The van der Waals surface area contributed by atoms with Gasteiger partial charge in [-0.1, -0.05) is 13.0 Å². The summed E-state index contributed by atoms with van der Waals surface area (Å²) < 4.78 is 5.76. The number of para-hydroxylation sites is 1. The highest BCUT2D eigenvalue weighted by molar-refractivity contribution is 5.74. The monoisotopic (exact) mass is 248 g/mol. The van der Waals surface area contributed by atoms with Gasteiger partial charge in [0.2, 0.25) is 0 Å². The van der Waals surface area contributed by atoms with E-state index < -0.39 is 0 Å². The Labute approximate surface area is 110 Å². The predicted molar refractivity (Wildman–Crippen MR) is 77.2 cm³/mol. The van der Waals surface area contributed by atoms with E-state index in [2.05, 4.69) is 24.8 Å². The number of hydrogen-bond donors (Lipinski definition) is 1. The SMILES string of the molecule is CC1CC(C)N(c2cccc(OC(C)C)c2N)C1. The van der Waals surface area contributed by atoms with Gasteiger partial charge in [0.25, 0.3) is 0 Å². The lowest BCUT2D eigenvalue weighted by atomic mass is 10.1. The first-order valence-electron chi connectivity index (χ1n) is 6.80. The number of rotatable bonds is 3. The molecule has 0 amide bonds. The van der Waals surface area contributed by atoms with E-state index in [9.17, 15) is 0 Å². The third-order valence-electron chi connectivity index (χ3n) is 3.50. The highest BCUT2D eigenvalue weighted by Crippen LogP contribution is 2.37. The summed E-state index contributed by atoms with van der Waals surface area (Å²) in [7, 11) is 0. The van der Waals surface area contributed by atoms with Gasteiger partial charge >= 0.3 is 0 Å². The first-order chi connectivity index (χ1) is 8.49. The van der Waals surface area contributed by atoms with Crippen molar-refractivity contribution in [2.45, 2.75) is 46.3 Å². The zero-order valence-corrected chi connectivity index (χ0v) is 11.8. The Balaban J connectivity index is 2.28. The first kappa shape index (κ1) is 13.1. The molecule has 1 saturated heterocycles. The molecule has 18 heavy (non-hydrogen) atoms. The number of benzene rings is 1. The normalized spacial score (nSPS) is 23.7. The van der Waals surface area contributed by atoms with Crippen molar-refractivity contribution in [3.63, 3.8) is 0 Å². The van der Waals surface area contributed by atoms with E-state index in [0.29, 0.717) is 6.04 Å². The van der Waals surface area contributed by atoms with Crippen LogP contribution in [0.4, 0.5) is 11.4 Å². The van der Waals surface area contributed by atoms with Gasteiger partial charge in [0.05, 0.1) is 17.5 Å². The van der Waals surface area contributed by atoms with Gasteiger partial charge < -0.3 is 15.4 Å². The molecule has 1 fully saturated rings. The van der Waals surface area contributed by atoms with Crippen LogP contribution in [0.5, 0.6) is 5.75 Å². The minimum Gasteiger partial charge on any atom is -0.489 e. The van der Waals surface area contributed by atoms with Crippen LogP contribution < -0.4 is 15.4 Å². The van der Waals surface area contributed by atoms with E-state index in [1.165, 1.54) is 6.42 Å². The van der Waals surface area contributed by atoms with Crippen LogP contribution in [0.25, 0.3) is 0 Å². The first-order valence-corrected chi connectivity index (χ1v) is 6.80. The molecule has 100 valence electrons. The van der Waals surface area contributed by atoms with Crippen molar-refractivity contribution in [2.75, 3.05) is 17.2 Å². The maximum absolute atomic E-state index is 6.25. The highest BCUT2D eigenvalue weighted by atomic mass is 16.5. The van der Waals surface area contributed by atoms with Crippen LogP contribution in [0.3, 0.4) is 0 Å². The van der Waals surface area contributed by atoms with Gasteiger partial charge in [-0.05, 0) is 45.2 Å². The minimum absolute atomic E-state index is 0.150. The van der Waals surface area contributed by atoms with Gasteiger partial charge in [-0.3, -0.25) is 0 Å². The van der Waals surface area contributed by atoms with Crippen molar-refractivity contribution in [2.24, 2.45) is 5.92 Å². The van der Waals surface area contributed by atoms with Crippen molar-refractivity contribution in [3.05, 3.63) is 18.2 Å². The lowest BCUT2D eigenvalue weighted by Gasteiger charge is -2.26. The molecule has 1 aromatic rings. The van der Waals surface area contributed by atoms with Gasteiger partial charge in [0.15, 0.2) is 0 Å². The van der Waals surface area contributed by atoms with Crippen molar-refractivity contribution in [3.8, 4) is 5.75 Å². The molecule has 1 aliphatic rings. The van der Waals surface area contributed by atoms with Gasteiger partial charge in [-0.15, -0.1) is 0 Å². The molecule has 0 bridgehead atoms. The molecule has 0 radical (unpaired) electrons. The number of ether oxygens (including phenoxy) is 1. The summed E-state index contributed by atoms with van der Waals surface area (Å²) in [5.41, 5.74) is 8.14. The zero-order chi connectivity index (χ0) is 13.3. The second kappa shape index (κ2) is 5.09. The van der Waals surface area contributed by atoms with Crippen molar-refractivity contribution in [1.82, 2.24) is 0 Å². The summed E-state index contributed by atoms with van der Waals surface area (Å²) in [5.74, 6) is 1.53. The molecule has 2 atom stereocenters. The Morgan fingerprint density at radius 1 is 1.33 bits per heavy atom. The van der Waals surface area contributed by atoms with Gasteiger partial charge in [0.1, 0.15) is 5.75 Å². The quantitative estimate of drug-likeness (QED) is 0.834. The average molecular weight is 248 g/mol. The lowest BCUT2D eigenvalue weighted by Crippen LogP contribution is -2.27. The number of anilines is 2. The average Bonchev–Trinajstić information content (AvgIpc) is 2.60. The molecule has 0 saturated carbocycles. The fourth-order valence-electron chi connectivity index (χ4n) is 2.78. The van der Waals surface area contributed by atoms with Crippen molar-refractivity contribution in [1.29, 1.82) is 0 Å². The van der Waals surface area contributed by atoms with Crippen LogP contribution in [-0.2, 0) is 0 Å². The highest BCUT2D eigenvalue weighted by Gasteiger charge is 2.28. The molecule has 0 spiro atoms. The molecular weight excluding hydrogens is 224 g/mol. The fourth-order valence-corrected chi connectivity index (χ4v) is 2.78. The van der Waals surface area contributed by atoms with E-state index in [1.54, 1.807) is 0 Å². The molecule has 2 rings (SSSR count). The Morgan fingerprint density at radius 3 is 2.61 bits per heavy atom. The Hall–Kier alpha value is -1.38. The van der Waals surface area contributed by atoms with Gasteiger partial charge in [0, 0.05) is 12.6 Å². The summed E-state index contributed by atoms with van der Waals surface area (Å²) in [5, 5.41) is 0. The second-order valence-electron chi connectivity index (χ2n) is 5.70. The van der Waals surface area contributed by atoms with Crippen LogP contribution in [-0.4, -0.2) is 18.7 Å². The number of hydrogen-bond acceptors (Lipinski definition) is 3.